The van der Waals surface area contributed by atoms with E-state index in [4.69, 9.17) is 11.6 Å². The minimum Gasteiger partial charge on any atom is -0.406 e. The molecule has 1 N–H and O–H groups in total. The summed E-state index contributed by atoms with van der Waals surface area (Å²) in [5.74, 6) is -3.21. The Morgan fingerprint density at radius 2 is 1.67 bits per heavy atom. The first-order valence-corrected chi connectivity index (χ1v) is 16.9. The number of alkyl halides is 6. The smallest absolute Gasteiger partial charge is 0.406 e. The molecule has 1 atom stereocenters. The van der Waals surface area contributed by atoms with Crippen molar-refractivity contribution in [1.29, 1.82) is 0 Å². The first kappa shape index (κ1) is 34.8. The molecule has 1 saturated heterocycles. The van der Waals surface area contributed by atoms with Gasteiger partial charge in [0.25, 0.3) is 0 Å². The van der Waals surface area contributed by atoms with Crippen LogP contribution in [0.5, 0.6) is 11.5 Å². The number of anilines is 1. The number of ether oxygens (including phenoxy) is 2. The molecule has 21 heteroatoms. The van der Waals surface area contributed by atoms with E-state index in [2.05, 4.69) is 29.7 Å². The summed E-state index contributed by atoms with van der Waals surface area (Å²) in [6.07, 6.45) is -8.31. The number of carbonyl (C=O) groups excluding carboxylic acids is 1. The molecule has 262 valence electrons. The number of carbonyl (C=O) groups is 1. The van der Waals surface area contributed by atoms with Crippen molar-refractivity contribution < 1.29 is 53.4 Å². The summed E-state index contributed by atoms with van der Waals surface area (Å²) >= 11 is 7.53. The van der Waals surface area contributed by atoms with Crippen molar-refractivity contribution in [2.75, 3.05) is 24.5 Å². The second-order valence-electron chi connectivity index (χ2n) is 10.9. The Labute approximate surface area is 281 Å². The van der Waals surface area contributed by atoms with Gasteiger partial charge >= 0.3 is 12.7 Å². The Bertz CT molecular complexity index is 1990. The molecule has 2 aromatic carbocycles. The van der Waals surface area contributed by atoms with Crippen molar-refractivity contribution in [3.05, 3.63) is 64.8 Å². The molecule has 1 aliphatic carbocycles. The number of benzene rings is 2. The van der Waals surface area contributed by atoms with Crippen molar-refractivity contribution in [3.63, 3.8) is 0 Å². The van der Waals surface area contributed by atoms with Crippen LogP contribution >= 0.6 is 22.9 Å². The van der Waals surface area contributed by atoms with E-state index in [9.17, 15) is 43.9 Å². The monoisotopic (exact) mass is 754 g/mol. The maximum atomic E-state index is 14.3. The third-order valence-electron chi connectivity index (χ3n) is 7.42. The van der Waals surface area contributed by atoms with Crippen LogP contribution in [0.2, 0.25) is 5.15 Å². The Morgan fingerprint density at radius 1 is 0.980 bits per heavy atom. The number of fused-ring (bicyclic) bond motifs is 1. The lowest BCUT2D eigenvalue weighted by Crippen LogP contribution is -2.60. The number of piperazine rings is 1. The van der Waals surface area contributed by atoms with E-state index in [-0.39, 0.29) is 36.3 Å². The predicted molar refractivity (Wildman–Crippen MR) is 160 cm³/mol. The van der Waals surface area contributed by atoms with Gasteiger partial charge in [0.2, 0.25) is 15.9 Å². The van der Waals surface area contributed by atoms with Gasteiger partial charge in [-0.25, -0.2) is 22.8 Å². The van der Waals surface area contributed by atoms with Crippen LogP contribution in [0.3, 0.4) is 0 Å². The van der Waals surface area contributed by atoms with E-state index in [0.717, 1.165) is 70.9 Å². The van der Waals surface area contributed by atoms with E-state index in [1.54, 1.807) is 4.90 Å². The summed E-state index contributed by atoms with van der Waals surface area (Å²) in [6, 6.07) is 4.49. The molecule has 0 spiro atoms. The van der Waals surface area contributed by atoms with Crippen LogP contribution in [0.25, 0.3) is 10.3 Å². The molecule has 0 radical (unpaired) electrons. The Hall–Kier alpha value is -4.01. The topological polar surface area (TPSA) is 127 Å². The van der Waals surface area contributed by atoms with Crippen molar-refractivity contribution >= 4 is 54.3 Å². The third-order valence-corrected chi connectivity index (χ3v) is 10.8. The highest BCUT2D eigenvalue weighted by atomic mass is 35.5. The summed E-state index contributed by atoms with van der Waals surface area (Å²) in [6.45, 7) is -0.911. The largest absolute Gasteiger partial charge is 0.573 e. The molecule has 11 nitrogen and oxygen atoms in total. The first-order valence-electron chi connectivity index (χ1n) is 14.3. The fourth-order valence-electron chi connectivity index (χ4n) is 5.01. The number of thiazole rings is 1. The zero-order chi connectivity index (χ0) is 35.3. The molecule has 2 aromatic heterocycles. The van der Waals surface area contributed by atoms with Crippen LogP contribution in [-0.4, -0.2) is 72.0 Å². The van der Waals surface area contributed by atoms with Gasteiger partial charge in [-0.2, -0.15) is 9.29 Å². The van der Waals surface area contributed by atoms with Crippen LogP contribution in [0.15, 0.2) is 47.4 Å². The maximum absolute atomic E-state index is 14.3. The van der Waals surface area contributed by atoms with Gasteiger partial charge in [-0.15, -0.1) is 26.3 Å². The predicted octanol–water partition coefficient (Wildman–Crippen LogP) is 5.75. The fourth-order valence-corrected chi connectivity index (χ4v) is 7.79. The zero-order valence-electron chi connectivity index (χ0n) is 24.6. The SMILES string of the molecule is O=C(NCc1ccc(OC(F)(F)F)c(F)c1)[C@H]1CN(c2nc3nc(C4CC4)nc(Cl)c3s2)CCN1S(=O)(=O)c1ccc(OC(F)(F)F)cc1. The molecule has 1 aliphatic heterocycles. The molecule has 0 bridgehead atoms. The average molecular weight is 755 g/mol. The molecular weight excluding hydrogens is 733 g/mol. The highest BCUT2D eigenvalue weighted by Crippen LogP contribution is 2.41. The van der Waals surface area contributed by atoms with Gasteiger partial charge in [-0.05, 0) is 54.8 Å². The maximum Gasteiger partial charge on any atom is 0.573 e. The fraction of sp³-hybridized carbons (Fsp3) is 0.357. The van der Waals surface area contributed by atoms with Crippen molar-refractivity contribution in [1.82, 2.24) is 24.6 Å². The number of hydrogen-bond donors (Lipinski definition) is 1. The van der Waals surface area contributed by atoms with Crippen molar-refractivity contribution in [2.45, 2.75) is 49.0 Å². The van der Waals surface area contributed by atoms with E-state index in [0.29, 0.717) is 21.3 Å². The van der Waals surface area contributed by atoms with E-state index in [1.165, 1.54) is 0 Å². The normalized spacial score (nSPS) is 17.7. The molecule has 3 heterocycles. The zero-order valence-corrected chi connectivity index (χ0v) is 26.9. The number of aromatic nitrogens is 3. The van der Waals surface area contributed by atoms with Crippen molar-refractivity contribution in [3.8, 4) is 11.5 Å². The highest BCUT2D eigenvalue weighted by molar-refractivity contribution is 7.89. The summed E-state index contributed by atoms with van der Waals surface area (Å²) in [5.41, 5.74) is 0.368. The number of nitrogens with zero attached hydrogens (tertiary/aromatic N) is 5. The van der Waals surface area contributed by atoms with Gasteiger partial charge in [-0.1, -0.05) is 29.0 Å². The highest BCUT2D eigenvalue weighted by Gasteiger charge is 2.41. The summed E-state index contributed by atoms with van der Waals surface area (Å²) in [5, 5.41) is 3.04. The average Bonchev–Trinajstić information content (AvgIpc) is 3.78. The van der Waals surface area contributed by atoms with E-state index < -0.39 is 63.5 Å². The second-order valence-corrected chi connectivity index (χ2v) is 14.1. The molecule has 2 fully saturated rings. The van der Waals surface area contributed by atoms with Gasteiger partial charge in [0, 0.05) is 32.1 Å². The number of halogens is 8. The van der Waals surface area contributed by atoms with Crippen LogP contribution in [0.1, 0.15) is 30.1 Å². The third kappa shape index (κ3) is 8.08. The Kier molecular flexibility index (Phi) is 9.26. The minimum atomic E-state index is -5.13. The Balaban J connectivity index is 1.26. The van der Waals surface area contributed by atoms with E-state index in [1.807, 2.05) is 0 Å². The van der Waals surface area contributed by atoms with Gasteiger partial charge in [0.1, 0.15) is 22.3 Å². The lowest BCUT2D eigenvalue weighted by molar-refractivity contribution is -0.276. The van der Waals surface area contributed by atoms with E-state index >= 15 is 0 Å². The van der Waals surface area contributed by atoms with Gasteiger partial charge in [-0.3, -0.25) is 4.79 Å². The van der Waals surface area contributed by atoms with Crippen LogP contribution < -0.4 is 19.7 Å². The van der Waals surface area contributed by atoms with Gasteiger partial charge in [0.05, 0.1) is 4.90 Å². The molecule has 4 aromatic rings. The van der Waals surface area contributed by atoms with Crippen molar-refractivity contribution in [2.24, 2.45) is 0 Å². The number of rotatable bonds is 9. The number of sulfonamides is 1. The number of nitrogens with one attached hydrogen (secondary N) is 1. The Morgan fingerprint density at radius 3 is 2.31 bits per heavy atom. The summed E-state index contributed by atoms with van der Waals surface area (Å²) in [7, 11) is -4.51. The standard InChI is InChI=1S/C28H22ClF7N6O5S2/c29-22-21-24(39-23(38-22)15-2-3-15)40-26(48-21)41-9-10-42(49(44,45)17-6-4-16(5-7-17)46-27(31,32)33)19(13-41)25(43)37-12-14-1-8-20(18(30)11-14)47-28(34,35)36/h1,4-8,11,15,19H,2-3,9-10,12-13H2,(H,37,43)/t19-/m1/s1. The molecule has 2 aliphatic rings. The second kappa shape index (κ2) is 13.0. The molecule has 49 heavy (non-hydrogen) atoms. The summed E-state index contributed by atoms with van der Waals surface area (Å²) in [4.78, 5) is 28.2. The first-order chi connectivity index (χ1) is 23.0. The minimum absolute atomic E-state index is 0.0323. The molecule has 1 saturated carbocycles. The van der Waals surface area contributed by atoms with Crippen LogP contribution in [0, 0.1) is 5.82 Å². The quantitative estimate of drug-likeness (QED) is 0.168. The van der Waals surface area contributed by atoms with Crippen LogP contribution in [0.4, 0.5) is 35.9 Å². The lowest BCUT2D eigenvalue weighted by Gasteiger charge is -2.39. The number of amides is 1. The molecule has 1 amide bonds. The number of hydrogen-bond acceptors (Lipinski definition) is 10. The summed E-state index contributed by atoms with van der Waals surface area (Å²) < 4.78 is 126. The molecule has 0 unspecified atom stereocenters. The lowest BCUT2D eigenvalue weighted by atomic mass is 10.1. The van der Waals surface area contributed by atoms with Crippen LogP contribution in [-0.2, 0) is 21.4 Å². The van der Waals surface area contributed by atoms with Gasteiger partial charge < -0.3 is 19.7 Å². The molecule has 6 rings (SSSR count). The van der Waals surface area contributed by atoms with Gasteiger partial charge in [0.15, 0.2) is 27.5 Å². The molecular formula is C28H22ClF7N6O5S2.